The van der Waals surface area contributed by atoms with Gasteiger partial charge in [-0.1, -0.05) is 156 Å². The lowest BCUT2D eigenvalue weighted by molar-refractivity contribution is -0.162. The second-order valence-electron chi connectivity index (χ2n) is 19.4. The van der Waals surface area contributed by atoms with Crippen molar-refractivity contribution < 1.29 is 28.6 Å². The lowest BCUT2D eigenvalue weighted by Gasteiger charge is -2.34. The first-order valence-corrected chi connectivity index (χ1v) is 24.5. The van der Waals surface area contributed by atoms with Crippen molar-refractivity contribution in [2.75, 3.05) is 0 Å². The highest BCUT2D eigenvalue weighted by atomic mass is 16.6. The van der Waals surface area contributed by atoms with Gasteiger partial charge in [-0.25, -0.2) is 4.79 Å². The van der Waals surface area contributed by atoms with Crippen LogP contribution in [0.1, 0.15) is 268 Å². The average Bonchev–Trinajstić information content (AvgIpc) is 3.10. The molecule has 0 aromatic heterocycles. The molecule has 0 bridgehead atoms. The Morgan fingerprint density at radius 3 is 1.30 bits per heavy atom. The first kappa shape index (κ1) is 55.2. The molecule has 338 valence electrons. The van der Waals surface area contributed by atoms with Crippen molar-refractivity contribution in [2.45, 2.75) is 292 Å². The van der Waals surface area contributed by atoms with E-state index in [0.717, 1.165) is 70.6 Å². The van der Waals surface area contributed by atoms with Crippen molar-refractivity contribution in [1.29, 1.82) is 0 Å². The molecule has 2 unspecified atom stereocenters. The topological polar surface area (TPSA) is 90.9 Å². The highest BCUT2D eigenvalue weighted by Gasteiger charge is 2.32. The third-order valence-electron chi connectivity index (χ3n) is 11.5. The van der Waals surface area contributed by atoms with Gasteiger partial charge < -0.3 is 19.5 Å². The van der Waals surface area contributed by atoms with Crippen molar-refractivity contribution in [2.24, 2.45) is 11.8 Å². The monoisotopic (exact) mass is 808 g/mol. The van der Waals surface area contributed by atoms with Crippen LogP contribution in [0.15, 0.2) is 0 Å². The van der Waals surface area contributed by atoms with Gasteiger partial charge >= 0.3 is 18.0 Å². The van der Waals surface area contributed by atoms with Crippen LogP contribution in [-0.4, -0.2) is 41.4 Å². The Morgan fingerprint density at radius 1 is 0.491 bits per heavy atom. The van der Waals surface area contributed by atoms with E-state index in [2.05, 4.69) is 60.7 Å². The average molecular weight is 808 g/mol. The normalized spacial score (nSPS) is 13.2. The zero-order valence-electron chi connectivity index (χ0n) is 39.7. The number of esters is 2. The molecule has 1 N–H and O–H groups in total. The number of alkyl carbamates (subject to hydrolysis) is 1. The Balaban J connectivity index is 4.40. The number of hydrogen-bond acceptors (Lipinski definition) is 6. The van der Waals surface area contributed by atoms with Crippen molar-refractivity contribution in [3.63, 3.8) is 0 Å². The molecule has 1 amide bonds. The van der Waals surface area contributed by atoms with Crippen molar-refractivity contribution >= 4 is 18.0 Å². The number of rotatable bonds is 39. The van der Waals surface area contributed by atoms with Crippen LogP contribution in [0, 0.1) is 11.8 Å². The molecular weight excluding hydrogens is 711 g/mol. The summed E-state index contributed by atoms with van der Waals surface area (Å²) in [7, 11) is 0. The van der Waals surface area contributed by atoms with Crippen LogP contribution >= 0.6 is 0 Å². The van der Waals surface area contributed by atoms with Gasteiger partial charge in [-0.15, -0.1) is 0 Å². The summed E-state index contributed by atoms with van der Waals surface area (Å²) in [6.07, 6.45) is 34.1. The highest BCUT2D eigenvalue weighted by molar-refractivity contribution is 5.70. The summed E-state index contributed by atoms with van der Waals surface area (Å²) >= 11 is 0. The molecule has 0 aliphatic carbocycles. The first-order chi connectivity index (χ1) is 27.1. The summed E-state index contributed by atoms with van der Waals surface area (Å²) in [6.45, 7) is 21.1. The molecule has 0 rings (SSSR count). The Morgan fingerprint density at radius 2 is 0.877 bits per heavy atom. The molecule has 0 aromatic rings. The molecule has 57 heavy (non-hydrogen) atoms. The summed E-state index contributed by atoms with van der Waals surface area (Å²) < 4.78 is 17.4. The third kappa shape index (κ3) is 34.8. The van der Waals surface area contributed by atoms with E-state index in [1.807, 2.05) is 13.8 Å². The first-order valence-electron chi connectivity index (χ1n) is 24.5. The number of ether oxygens (including phenoxy) is 3. The van der Waals surface area contributed by atoms with Gasteiger partial charge in [0.05, 0.1) is 6.10 Å². The highest BCUT2D eigenvalue weighted by Crippen LogP contribution is 2.32. The number of unbranched alkanes of at least 4 members (excludes halogenated alkanes) is 20. The van der Waals surface area contributed by atoms with Crippen LogP contribution < -0.4 is 5.32 Å². The molecule has 0 saturated heterocycles. The minimum Gasteiger partial charge on any atom is -0.463 e. The van der Waals surface area contributed by atoms with Gasteiger partial charge in [0, 0.05) is 18.4 Å². The Bertz CT molecular complexity index is 976. The third-order valence-corrected chi connectivity index (χ3v) is 11.5. The Labute approximate surface area is 354 Å². The number of carbonyl (C=O) groups excluding carboxylic acids is 3. The zero-order valence-corrected chi connectivity index (χ0v) is 39.7. The van der Waals surface area contributed by atoms with Crippen LogP contribution in [0.4, 0.5) is 4.79 Å². The number of nitrogens with one attached hydrogen (secondary N) is 1. The minimum absolute atomic E-state index is 0.00453. The maximum absolute atomic E-state index is 13.0. The van der Waals surface area contributed by atoms with Crippen molar-refractivity contribution in [1.82, 2.24) is 5.32 Å². The number of carbonyl (C=O) groups is 3. The largest absolute Gasteiger partial charge is 0.463 e. The molecule has 0 aromatic carbocycles. The van der Waals surface area contributed by atoms with Crippen LogP contribution in [0.25, 0.3) is 0 Å². The predicted molar refractivity (Wildman–Crippen MR) is 242 cm³/mol. The van der Waals surface area contributed by atoms with E-state index in [0.29, 0.717) is 24.7 Å². The van der Waals surface area contributed by atoms with E-state index in [9.17, 15) is 14.4 Å². The fraction of sp³-hybridized carbons (Fsp3) is 0.940. The van der Waals surface area contributed by atoms with E-state index in [-0.39, 0.29) is 35.8 Å². The molecule has 0 aliphatic rings. The Hall–Kier alpha value is -1.79. The molecule has 7 heteroatoms. The van der Waals surface area contributed by atoms with Crippen molar-refractivity contribution in [3.8, 4) is 0 Å². The molecule has 0 saturated carbocycles. The fourth-order valence-electron chi connectivity index (χ4n) is 8.42. The lowest BCUT2D eigenvalue weighted by Crippen LogP contribution is -2.45. The summed E-state index contributed by atoms with van der Waals surface area (Å²) in [5.41, 5.74) is -0.685. The summed E-state index contributed by atoms with van der Waals surface area (Å²) in [5, 5.41) is 3.11. The molecule has 0 radical (unpaired) electrons. The second kappa shape index (κ2) is 35.0. The van der Waals surface area contributed by atoms with E-state index in [1.165, 1.54) is 116 Å². The SMILES string of the molecule is CCCCCCC(CCCCCCCCCCC(=O)OC(C)(C)C(CCCCCC)CCCCCCCCCCC(=O)OC(C)C)OC(=O)NC(C)(C)CC(C)C. The summed E-state index contributed by atoms with van der Waals surface area (Å²) in [5.74, 6) is 0.829. The van der Waals surface area contributed by atoms with E-state index < -0.39 is 5.60 Å². The van der Waals surface area contributed by atoms with Gasteiger partial charge in [0.1, 0.15) is 11.7 Å². The standard InChI is InChI=1S/C50H97NO6/c1-11-13-15-29-35-44(36-30-25-21-17-19-23-27-33-39-46(52)55-43(5)6)50(9,10)57-47(53)40-34-28-24-20-18-22-26-32-38-45(37-31-16-14-12-2)56-48(54)51-49(7,8)41-42(3)4/h42-45H,11-41H2,1-10H3,(H,51,54). The quantitative estimate of drug-likeness (QED) is 0.0378. The molecular formula is C50H97NO6. The maximum Gasteiger partial charge on any atom is 0.407 e. The zero-order chi connectivity index (χ0) is 42.8. The minimum atomic E-state index is -0.423. The molecule has 7 nitrogen and oxygen atoms in total. The van der Waals surface area contributed by atoms with E-state index >= 15 is 0 Å². The van der Waals surface area contributed by atoms with Crippen LogP contribution in [0.2, 0.25) is 0 Å². The maximum atomic E-state index is 13.0. The van der Waals surface area contributed by atoms with Crippen LogP contribution in [0.5, 0.6) is 0 Å². The molecule has 0 spiro atoms. The van der Waals surface area contributed by atoms with Gasteiger partial charge in [0.2, 0.25) is 0 Å². The van der Waals surface area contributed by atoms with Gasteiger partial charge in [0.25, 0.3) is 0 Å². The van der Waals surface area contributed by atoms with Gasteiger partial charge in [0.15, 0.2) is 0 Å². The van der Waals surface area contributed by atoms with E-state index in [1.54, 1.807) is 0 Å². The number of amides is 1. The van der Waals surface area contributed by atoms with Crippen LogP contribution in [0.3, 0.4) is 0 Å². The van der Waals surface area contributed by atoms with Crippen LogP contribution in [-0.2, 0) is 23.8 Å². The second-order valence-corrected chi connectivity index (χ2v) is 19.4. The predicted octanol–water partition coefficient (Wildman–Crippen LogP) is 15.5. The van der Waals surface area contributed by atoms with Gasteiger partial charge in [-0.05, 0) is 111 Å². The van der Waals surface area contributed by atoms with E-state index in [4.69, 9.17) is 14.2 Å². The molecule has 0 fully saturated rings. The molecule has 0 aliphatic heterocycles. The summed E-state index contributed by atoms with van der Waals surface area (Å²) in [4.78, 5) is 37.4. The molecule has 2 atom stereocenters. The van der Waals surface area contributed by atoms with Crippen molar-refractivity contribution in [3.05, 3.63) is 0 Å². The lowest BCUT2D eigenvalue weighted by atomic mass is 9.82. The smallest absolute Gasteiger partial charge is 0.407 e. The van der Waals surface area contributed by atoms with Gasteiger partial charge in [-0.3, -0.25) is 9.59 Å². The molecule has 0 heterocycles. The fourth-order valence-corrected chi connectivity index (χ4v) is 8.42. The van der Waals surface area contributed by atoms with Gasteiger partial charge in [-0.2, -0.15) is 0 Å². The summed E-state index contributed by atoms with van der Waals surface area (Å²) in [6, 6.07) is 0. The number of hydrogen-bond donors (Lipinski definition) is 1. The Kier molecular flexibility index (Phi) is 33.9.